The van der Waals surface area contributed by atoms with Gasteiger partial charge in [0.2, 0.25) is 0 Å². The van der Waals surface area contributed by atoms with Gasteiger partial charge in [-0.25, -0.2) is 0 Å². The number of ether oxygens (including phenoxy) is 2. The van der Waals surface area contributed by atoms with Crippen molar-refractivity contribution in [2.45, 2.75) is 25.4 Å². The lowest BCUT2D eigenvalue weighted by molar-refractivity contribution is 0.114. The van der Waals surface area contributed by atoms with Gasteiger partial charge in [0.1, 0.15) is 5.75 Å². The Morgan fingerprint density at radius 2 is 2.19 bits per heavy atom. The molecule has 1 unspecified atom stereocenters. The lowest BCUT2D eigenvalue weighted by Gasteiger charge is -2.15. The maximum Gasteiger partial charge on any atom is 0.191 e. The first-order valence-electron chi connectivity index (χ1n) is 7.62. The van der Waals surface area contributed by atoms with Crippen LogP contribution < -0.4 is 15.4 Å². The number of nitrogens with zero attached hydrogens (tertiary/aromatic N) is 1. The van der Waals surface area contributed by atoms with Crippen LogP contribution in [0.4, 0.5) is 0 Å². The van der Waals surface area contributed by atoms with Crippen molar-refractivity contribution in [3.8, 4) is 5.75 Å². The van der Waals surface area contributed by atoms with Gasteiger partial charge in [0.15, 0.2) is 5.96 Å². The van der Waals surface area contributed by atoms with Gasteiger partial charge < -0.3 is 20.1 Å². The molecule has 0 bridgehead atoms. The summed E-state index contributed by atoms with van der Waals surface area (Å²) in [5, 5.41) is 6.58. The van der Waals surface area contributed by atoms with Crippen molar-refractivity contribution < 1.29 is 9.47 Å². The van der Waals surface area contributed by atoms with E-state index in [0.717, 1.165) is 50.7 Å². The van der Waals surface area contributed by atoms with E-state index in [0.29, 0.717) is 12.7 Å². The topological polar surface area (TPSA) is 54.9 Å². The quantitative estimate of drug-likeness (QED) is 0.457. The van der Waals surface area contributed by atoms with Crippen LogP contribution in [0.15, 0.2) is 35.3 Å². The molecule has 0 radical (unpaired) electrons. The number of para-hydroxylation sites is 1. The maximum absolute atomic E-state index is 5.64. The molecule has 2 rings (SSSR count). The lowest BCUT2D eigenvalue weighted by Crippen LogP contribution is -2.41. The summed E-state index contributed by atoms with van der Waals surface area (Å²) in [4.78, 5) is 4.20. The number of benzene rings is 1. The van der Waals surface area contributed by atoms with Crippen molar-refractivity contribution in [1.29, 1.82) is 0 Å². The Morgan fingerprint density at radius 1 is 1.33 bits per heavy atom. The molecule has 1 aliphatic rings. The van der Waals surface area contributed by atoms with Crippen LogP contribution in [0.1, 0.15) is 19.3 Å². The number of hydrogen-bond acceptors (Lipinski definition) is 3. The van der Waals surface area contributed by atoms with Gasteiger partial charge in [-0.15, -0.1) is 0 Å². The number of rotatable bonds is 7. The Labute approximate surface area is 126 Å². The third-order valence-corrected chi connectivity index (χ3v) is 3.37. The van der Waals surface area contributed by atoms with Crippen LogP contribution in [0, 0.1) is 0 Å². The molecule has 116 valence electrons. The summed E-state index contributed by atoms with van der Waals surface area (Å²) in [7, 11) is 1.78. The SMILES string of the molecule is CN=C(NCCCOc1ccccc1)NCC1CCCO1. The summed E-state index contributed by atoms with van der Waals surface area (Å²) in [5.74, 6) is 1.74. The second-order valence-corrected chi connectivity index (χ2v) is 5.03. The molecular formula is C16H25N3O2. The number of hydrogen-bond donors (Lipinski definition) is 2. The van der Waals surface area contributed by atoms with E-state index in [9.17, 15) is 0 Å². The Kier molecular flexibility index (Phi) is 6.88. The predicted molar refractivity (Wildman–Crippen MR) is 84.9 cm³/mol. The zero-order valence-corrected chi connectivity index (χ0v) is 12.7. The molecule has 1 atom stereocenters. The molecule has 0 spiro atoms. The van der Waals surface area contributed by atoms with E-state index in [1.54, 1.807) is 7.05 Å². The third kappa shape index (κ3) is 6.04. The predicted octanol–water partition coefficient (Wildman–Crippen LogP) is 1.80. The summed E-state index contributed by atoms with van der Waals surface area (Å²) in [6.45, 7) is 3.23. The fourth-order valence-electron chi connectivity index (χ4n) is 2.22. The highest BCUT2D eigenvalue weighted by Crippen LogP contribution is 2.10. The summed E-state index contributed by atoms with van der Waals surface area (Å²) in [5.41, 5.74) is 0. The van der Waals surface area contributed by atoms with Crippen molar-refractivity contribution in [2.24, 2.45) is 4.99 Å². The number of aliphatic imine (C=N–C) groups is 1. The molecule has 21 heavy (non-hydrogen) atoms. The van der Waals surface area contributed by atoms with E-state index in [1.165, 1.54) is 0 Å². The van der Waals surface area contributed by atoms with Gasteiger partial charge in [-0.1, -0.05) is 18.2 Å². The van der Waals surface area contributed by atoms with Gasteiger partial charge in [0.25, 0.3) is 0 Å². The number of guanidine groups is 1. The van der Waals surface area contributed by atoms with E-state index in [-0.39, 0.29) is 0 Å². The molecule has 1 aromatic rings. The highest BCUT2D eigenvalue weighted by Gasteiger charge is 2.15. The zero-order valence-electron chi connectivity index (χ0n) is 12.7. The Hall–Kier alpha value is -1.75. The third-order valence-electron chi connectivity index (χ3n) is 3.37. The van der Waals surface area contributed by atoms with E-state index in [4.69, 9.17) is 9.47 Å². The second-order valence-electron chi connectivity index (χ2n) is 5.03. The normalized spacial score (nSPS) is 18.5. The van der Waals surface area contributed by atoms with Crippen molar-refractivity contribution in [1.82, 2.24) is 10.6 Å². The van der Waals surface area contributed by atoms with Crippen molar-refractivity contribution in [2.75, 3.05) is 33.4 Å². The Balaban J connectivity index is 1.54. The first kappa shape index (κ1) is 15.6. The van der Waals surface area contributed by atoms with Crippen LogP contribution in [0.25, 0.3) is 0 Å². The molecule has 1 fully saturated rings. The summed E-state index contributed by atoms with van der Waals surface area (Å²) >= 11 is 0. The molecule has 1 saturated heterocycles. The fraction of sp³-hybridized carbons (Fsp3) is 0.562. The van der Waals surface area contributed by atoms with E-state index in [2.05, 4.69) is 15.6 Å². The summed E-state index contributed by atoms with van der Waals surface area (Å²) in [6, 6.07) is 9.87. The van der Waals surface area contributed by atoms with Gasteiger partial charge in [-0.2, -0.15) is 0 Å². The Morgan fingerprint density at radius 3 is 2.90 bits per heavy atom. The minimum atomic E-state index is 0.324. The second kappa shape index (κ2) is 9.23. The standard InChI is InChI=1S/C16H25N3O2/c1-17-16(19-13-15-9-5-11-21-15)18-10-6-12-20-14-7-3-2-4-8-14/h2-4,7-8,15H,5-6,9-13H2,1H3,(H2,17,18,19). The van der Waals surface area contributed by atoms with Crippen molar-refractivity contribution >= 4 is 5.96 Å². The smallest absolute Gasteiger partial charge is 0.191 e. The van der Waals surface area contributed by atoms with Gasteiger partial charge >= 0.3 is 0 Å². The minimum Gasteiger partial charge on any atom is -0.494 e. The molecule has 5 nitrogen and oxygen atoms in total. The van der Waals surface area contributed by atoms with E-state index in [1.807, 2.05) is 30.3 Å². The fourth-order valence-corrected chi connectivity index (χ4v) is 2.22. The average Bonchev–Trinajstić information content (AvgIpc) is 3.04. The van der Waals surface area contributed by atoms with E-state index < -0.39 is 0 Å². The van der Waals surface area contributed by atoms with Crippen LogP contribution >= 0.6 is 0 Å². The first-order valence-corrected chi connectivity index (χ1v) is 7.62. The highest BCUT2D eigenvalue weighted by atomic mass is 16.5. The molecular weight excluding hydrogens is 266 g/mol. The minimum absolute atomic E-state index is 0.324. The molecule has 0 amide bonds. The van der Waals surface area contributed by atoms with Gasteiger partial charge in [-0.05, 0) is 31.4 Å². The number of nitrogens with one attached hydrogen (secondary N) is 2. The summed E-state index contributed by atoms with van der Waals surface area (Å²) in [6.07, 6.45) is 3.55. The highest BCUT2D eigenvalue weighted by molar-refractivity contribution is 5.79. The molecule has 0 aliphatic carbocycles. The van der Waals surface area contributed by atoms with Crippen molar-refractivity contribution in [3.63, 3.8) is 0 Å². The largest absolute Gasteiger partial charge is 0.494 e. The first-order chi connectivity index (χ1) is 10.4. The van der Waals surface area contributed by atoms with Gasteiger partial charge in [-0.3, -0.25) is 4.99 Å². The van der Waals surface area contributed by atoms with Crippen molar-refractivity contribution in [3.05, 3.63) is 30.3 Å². The molecule has 0 saturated carbocycles. The average molecular weight is 291 g/mol. The lowest BCUT2D eigenvalue weighted by atomic mass is 10.2. The molecule has 2 N–H and O–H groups in total. The monoisotopic (exact) mass is 291 g/mol. The zero-order chi connectivity index (χ0) is 14.8. The van der Waals surface area contributed by atoms with Crippen LogP contribution in [-0.4, -0.2) is 45.4 Å². The molecule has 1 aromatic carbocycles. The molecule has 1 aliphatic heterocycles. The molecule has 5 heteroatoms. The van der Waals surface area contributed by atoms with Crippen LogP contribution in [0.2, 0.25) is 0 Å². The molecule has 1 heterocycles. The maximum atomic E-state index is 5.64. The van der Waals surface area contributed by atoms with E-state index >= 15 is 0 Å². The van der Waals surface area contributed by atoms with Gasteiger partial charge in [0, 0.05) is 26.7 Å². The molecule has 0 aromatic heterocycles. The van der Waals surface area contributed by atoms with Crippen LogP contribution in [-0.2, 0) is 4.74 Å². The van der Waals surface area contributed by atoms with Crippen LogP contribution in [0.5, 0.6) is 5.75 Å². The Bertz CT molecular complexity index is 417. The van der Waals surface area contributed by atoms with Gasteiger partial charge in [0.05, 0.1) is 12.7 Å². The van der Waals surface area contributed by atoms with Crippen LogP contribution in [0.3, 0.4) is 0 Å². The summed E-state index contributed by atoms with van der Waals surface area (Å²) < 4.78 is 11.2.